The molecule has 3 aromatic rings. The van der Waals surface area contributed by atoms with E-state index in [0.29, 0.717) is 38.9 Å². The molecule has 1 aliphatic heterocycles. The van der Waals surface area contributed by atoms with Gasteiger partial charge in [0.1, 0.15) is 0 Å². The number of likely N-dealkylation sites (N-methyl/N-ethyl adjacent to an activating group) is 1. The summed E-state index contributed by atoms with van der Waals surface area (Å²) >= 11 is 0. The fourth-order valence-corrected chi connectivity index (χ4v) is 4.88. The number of aliphatic hydroxyl groups is 1. The SMILES string of the molecule is CCc1nn2c(C)cc(C)nc2c1Cc1ccc(C=CCC2(O)CCN(C(=O)CNC)CC2)cc1. The Morgan fingerprint density at radius 2 is 1.91 bits per heavy atom. The van der Waals surface area contributed by atoms with Crippen LogP contribution in [-0.2, 0) is 17.6 Å². The van der Waals surface area contributed by atoms with Crippen LogP contribution in [0.15, 0.2) is 36.4 Å². The molecule has 2 aromatic heterocycles. The van der Waals surface area contributed by atoms with E-state index in [9.17, 15) is 9.90 Å². The summed E-state index contributed by atoms with van der Waals surface area (Å²) in [6, 6.07) is 10.6. The Hall–Kier alpha value is -3.03. The topological polar surface area (TPSA) is 82.8 Å². The second-order valence-electron chi connectivity index (χ2n) is 9.71. The number of benzene rings is 1. The van der Waals surface area contributed by atoms with E-state index in [4.69, 9.17) is 10.1 Å². The van der Waals surface area contributed by atoms with Gasteiger partial charge < -0.3 is 15.3 Å². The standard InChI is InChI=1S/C28H37N5O2/c1-5-25-24(27-30-20(2)17-21(3)33(27)31-25)18-23-10-8-22(9-11-23)7-6-12-28(35)13-15-32(16-14-28)26(34)19-29-4/h6-11,17,29,35H,5,12-16,18-19H2,1-4H3. The van der Waals surface area contributed by atoms with Crippen molar-refractivity contribution in [2.45, 2.75) is 58.5 Å². The fourth-order valence-electron chi connectivity index (χ4n) is 4.88. The fraction of sp³-hybridized carbons (Fsp3) is 0.464. The predicted octanol–water partition coefficient (Wildman–Crippen LogP) is 3.48. The molecule has 1 fully saturated rings. The normalized spacial score (nSPS) is 15.9. The third-order valence-corrected chi connectivity index (χ3v) is 6.95. The van der Waals surface area contributed by atoms with Crippen LogP contribution >= 0.6 is 0 Å². The summed E-state index contributed by atoms with van der Waals surface area (Å²) < 4.78 is 1.96. The van der Waals surface area contributed by atoms with Gasteiger partial charge in [-0.05, 0) is 63.8 Å². The lowest BCUT2D eigenvalue weighted by Crippen LogP contribution is -2.48. The maximum atomic E-state index is 12.0. The zero-order valence-electron chi connectivity index (χ0n) is 21.3. The molecule has 186 valence electrons. The van der Waals surface area contributed by atoms with Crippen LogP contribution in [-0.4, -0.2) is 62.8 Å². The molecule has 7 heteroatoms. The average molecular weight is 476 g/mol. The molecule has 3 heterocycles. The maximum Gasteiger partial charge on any atom is 0.236 e. The number of nitrogens with zero attached hydrogens (tertiary/aromatic N) is 4. The number of rotatable bonds is 8. The van der Waals surface area contributed by atoms with E-state index in [0.717, 1.165) is 41.1 Å². The minimum atomic E-state index is -0.740. The first kappa shape index (κ1) is 25.1. The molecule has 4 rings (SSSR count). The molecule has 0 saturated carbocycles. The van der Waals surface area contributed by atoms with Crippen molar-refractivity contribution >= 4 is 17.6 Å². The van der Waals surface area contributed by atoms with Crippen molar-refractivity contribution in [2.24, 2.45) is 0 Å². The molecule has 1 aliphatic rings. The zero-order valence-corrected chi connectivity index (χ0v) is 21.3. The Kier molecular flexibility index (Phi) is 7.67. The van der Waals surface area contributed by atoms with Crippen LogP contribution in [0.5, 0.6) is 0 Å². The van der Waals surface area contributed by atoms with Crippen LogP contribution in [0.2, 0.25) is 0 Å². The molecule has 0 unspecified atom stereocenters. The quantitative estimate of drug-likeness (QED) is 0.521. The second kappa shape index (κ2) is 10.7. The smallest absolute Gasteiger partial charge is 0.236 e. The van der Waals surface area contributed by atoms with Gasteiger partial charge >= 0.3 is 0 Å². The molecule has 7 nitrogen and oxygen atoms in total. The molecule has 0 aliphatic carbocycles. The molecular weight excluding hydrogens is 438 g/mol. The van der Waals surface area contributed by atoms with E-state index in [1.54, 1.807) is 7.05 Å². The first-order valence-electron chi connectivity index (χ1n) is 12.6. The summed E-state index contributed by atoms with van der Waals surface area (Å²) in [7, 11) is 1.77. The number of fused-ring (bicyclic) bond motifs is 1. The Bertz CT molecular complexity index is 1200. The number of aryl methyl sites for hydroxylation is 3. The molecule has 35 heavy (non-hydrogen) atoms. The minimum Gasteiger partial charge on any atom is -0.389 e. The van der Waals surface area contributed by atoms with Crippen LogP contribution in [0.3, 0.4) is 0 Å². The van der Waals surface area contributed by atoms with Crippen molar-refractivity contribution < 1.29 is 9.90 Å². The predicted molar refractivity (Wildman–Crippen MR) is 139 cm³/mol. The highest BCUT2D eigenvalue weighted by molar-refractivity contribution is 5.78. The van der Waals surface area contributed by atoms with E-state index in [-0.39, 0.29) is 5.91 Å². The summed E-state index contributed by atoms with van der Waals surface area (Å²) in [5.41, 5.74) is 6.96. The van der Waals surface area contributed by atoms with Crippen molar-refractivity contribution in [2.75, 3.05) is 26.7 Å². The van der Waals surface area contributed by atoms with E-state index < -0.39 is 5.60 Å². The van der Waals surface area contributed by atoms with Gasteiger partial charge in [0, 0.05) is 36.5 Å². The van der Waals surface area contributed by atoms with Crippen LogP contribution in [0.1, 0.15) is 60.0 Å². The Balaban J connectivity index is 1.38. The van der Waals surface area contributed by atoms with Gasteiger partial charge in [-0.1, -0.05) is 43.3 Å². The third-order valence-electron chi connectivity index (χ3n) is 6.95. The highest BCUT2D eigenvalue weighted by atomic mass is 16.3. The number of aromatic nitrogens is 3. The van der Waals surface area contributed by atoms with Crippen molar-refractivity contribution in [3.63, 3.8) is 0 Å². The van der Waals surface area contributed by atoms with Crippen molar-refractivity contribution in [3.05, 3.63) is 70.2 Å². The summed E-state index contributed by atoms with van der Waals surface area (Å²) in [4.78, 5) is 18.6. The summed E-state index contributed by atoms with van der Waals surface area (Å²) in [6.45, 7) is 7.80. The summed E-state index contributed by atoms with van der Waals surface area (Å²) in [5, 5.41) is 18.6. The van der Waals surface area contributed by atoms with Crippen LogP contribution < -0.4 is 5.32 Å². The molecule has 1 saturated heterocycles. The molecule has 0 radical (unpaired) electrons. The van der Waals surface area contributed by atoms with Gasteiger partial charge in [0.15, 0.2) is 5.65 Å². The lowest BCUT2D eigenvalue weighted by atomic mass is 9.88. The van der Waals surface area contributed by atoms with Crippen LogP contribution in [0, 0.1) is 13.8 Å². The summed E-state index contributed by atoms with van der Waals surface area (Å²) in [6.07, 6.45) is 7.61. The largest absolute Gasteiger partial charge is 0.389 e. The first-order chi connectivity index (χ1) is 16.8. The van der Waals surface area contributed by atoms with Crippen molar-refractivity contribution in [1.82, 2.24) is 24.8 Å². The number of nitrogens with one attached hydrogen (secondary N) is 1. The molecular formula is C28H37N5O2. The van der Waals surface area contributed by atoms with Gasteiger partial charge in [-0.2, -0.15) is 5.10 Å². The van der Waals surface area contributed by atoms with Gasteiger partial charge in [0.05, 0.1) is 17.8 Å². The van der Waals surface area contributed by atoms with E-state index >= 15 is 0 Å². The monoisotopic (exact) mass is 475 g/mol. The van der Waals surface area contributed by atoms with Crippen molar-refractivity contribution in [3.8, 4) is 0 Å². The molecule has 0 spiro atoms. The van der Waals surface area contributed by atoms with E-state index in [1.165, 1.54) is 11.1 Å². The number of hydrogen-bond acceptors (Lipinski definition) is 5. The van der Waals surface area contributed by atoms with Crippen LogP contribution in [0.4, 0.5) is 0 Å². The lowest BCUT2D eigenvalue weighted by Gasteiger charge is -2.37. The maximum absolute atomic E-state index is 12.0. The number of piperidine rings is 1. The third kappa shape index (κ3) is 5.80. The Morgan fingerprint density at radius 1 is 1.20 bits per heavy atom. The number of amides is 1. The van der Waals surface area contributed by atoms with Gasteiger partial charge in [-0.15, -0.1) is 0 Å². The van der Waals surface area contributed by atoms with Gasteiger partial charge in [-0.25, -0.2) is 9.50 Å². The first-order valence-corrected chi connectivity index (χ1v) is 12.6. The second-order valence-corrected chi connectivity index (χ2v) is 9.71. The Labute approximate surface area is 207 Å². The Morgan fingerprint density at radius 3 is 2.57 bits per heavy atom. The molecule has 1 aromatic carbocycles. The van der Waals surface area contributed by atoms with Crippen LogP contribution in [0.25, 0.3) is 11.7 Å². The van der Waals surface area contributed by atoms with Gasteiger partial charge in [-0.3, -0.25) is 4.79 Å². The molecule has 0 atom stereocenters. The summed E-state index contributed by atoms with van der Waals surface area (Å²) in [5.74, 6) is 0.0985. The zero-order chi connectivity index (χ0) is 25.0. The van der Waals surface area contributed by atoms with Crippen molar-refractivity contribution in [1.29, 1.82) is 0 Å². The number of carbonyl (C=O) groups excluding carboxylic acids is 1. The average Bonchev–Trinajstić information content (AvgIpc) is 3.18. The number of hydrogen-bond donors (Lipinski definition) is 2. The molecule has 1 amide bonds. The number of carbonyl (C=O) groups is 1. The number of likely N-dealkylation sites (tertiary alicyclic amines) is 1. The molecule has 2 N–H and O–H groups in total. The minimum absolute atomic E-state index is 0.0985. The lowest BCUT2D eigenvalue weighted by molar-refractivity contribution is -0.134. The molecule has 0 bridgehead atoms. The van der Waals surface area contributed by atoms with E-state index in [1.807, 2.05) is 16.3 Å². The van der Waals surface area contributed by atoms with E-state index in [2.05, 4.69) is 61.6 Å². The van der Waals surface area contributed by atoms with Gasteiger partial charge in [0.2, 0.25) is 5.91 Å². The highest BCUT2D eigenvalue weighted by Crippen LogP contribution is 2.27. The highest BCUT2D eigenvalue weighted by Gasteiger charge is 2.32. The van der Waals surface area contributed by atoms with Gasteiger partial charge in [0.25, 0.3) is 0 Å².